The molecule has 0 bridgehead atoms. The van der Waals surface area contributed by atoms with Crippen molar-refractivity contribution in [3.63, 3.8) is 0 Å². The van der Waals surface area contributed by atoms with Crippen LogP contribution >= 0.6 is 0 Å². The van der Waals surface area contributed by atoms with Crippen molar-refractivity contribution >= 4 is 23.3 Å². The summed E-state index contributed by atoms with van der Waals surface area (Å²) in [6.07, 6.45) is 1.04. The predicted molar refractivity (Wildman–Crippen MR) is 125 cm³/mol. The van der Waals surface area contributed by atoms with E-state index < -0.39 is 18.1 Å². The maximum absolute atomic E-state index is 12.6. The molecule has 1 heterocycles. The number of alkyl carbamates (subject to hydrolysis) is 1. The Morgan fingerprint density at radius 2 is 1.67 bits per heavy atom. The van der Waals surface area contributed by atoms with Gasteiger partial charge in [-0.3, -0.25) is 5.32 Å². The molecule has 5 rings (SSSR count). The minimum atomic E-state index is -1.12. The monoisotopic (exact) mass is 439 g/mol. The fourth-order valence-electron chi connectivity index (χ4n) is 4.60. The second kappa shape index (κ2) is 8.47. The molecule has 2 N–H and O–H groups in total. The third-order valence-electron chi connectivity index (χ3n) is 6.22. The van der Waals surface area contributed by atoms with Gasteiger partial charge in [0.2, 0.25) is 0 Å². The Kier molecular flexibility index (Phi) is 5.34. The lowest BCUT2D eigenvalue weighted by atomic mass is 9.98. The van der Waals surface area contributed by atoms with Crippen molar-refractivity contribution in [3.05, 3.63) is 95.2 Å². The highest BCUT2D eigenvalue weighted by molar-refractivity contribution is 5.86. The highest BCUT2D eigenvalue weighted by Crippen LogP contribution is 2.44. The van der Waals surface area contributed by atoms with Gasteiger partial charge in [0.25, 0.3) is 0 Å². The first-order valence-corrected chi connectivity index (χ1v) is 10.9. The van der Waals surface area contributed by atoms with Crippen molar-refractivity contribution in [3.8, 4) is 11.1 Å². The van der Waals surface area contributed by atoms with Gasteiger partial charge in [-0.25, -0.2) is 9.59 Å². The van der Waals surface area contributed by atoms with Gasteiger partial charge in [-0.2, -0.15) is 0 Å². The fourth-order valence-corrected chi connectivity index (χ4v) is 4.60. The SMILES string of the molecule is Cc1ccc2c(c1)C(C[C@H](NC(=O)OCC1c3ccccc3-c3ccccc31)C(=O)O)=C[N]2. The van der Waals surface area contributed by atoms with Gasteiger partial charge in [-0.15, -0.1) is 0 Å². The summed E-state index contributed by atoms with van der Waals surface area (Å²) >= 11 is 0. The molecule has 0 saturated carbocycles. The number of benzene rings is 3. The topological polar surface area (TPSA) is 89.7 Å². The Bertz CT molecular complexity index is 1240. The molecule has 1 aliphatic heterocycles. The fraction of sp³-hybridized carbons (Fsp3) is 0.185. The molecule has 0 spiro atoms. The highest BCUT2D eigenvalue weighted by Gasteiger charge is 2.30. The van der Waals surface area contributed by atoms with Gasteiger partial charge in [0, 0.05) is 24.1 Å². The zero-order valence-corrected chi connectivity index (χ0v) is 18.1. The molecule has 2 aliphatic rings. The van der Waals surface area contributed by atoms with E-state index in [2.05, 4.69) is 22.8 Å². The van der Waals surface area contributed by atoms with E-state index in [1.807, 2.05) is 61.5 Å². The average molecular weight is 439 g/mol. The minimum absolute atomic E-state index is 0.0855. The van der Waals surface area contributed by atoms with Crippen LogP contribution in [0.15, 0.2) is 72.9 Å². The zero-order chi connectivity index (χ0) is 22.9. The Balaban J connectivity index is 1.26. The second-order valence-electron chi connectivity index (χ2n) is 8.37. The number of nitrogens with zero attached hydrogens (tertiary/aromatic N) is 1. The average Bonchev–Trinajstić information content (AvgIpc) is 3.35. The molecule has 0 aromatic heterocycles. The van der Waals surface area contributed by atoms with Crippen LogP contribution in [0, 0.1) is 6.92 Å². The Morgan fingerprint density at radius 1 is 1.00 bits per heavy atom. The number of aryl methyl sites for hydroxylation is 1. The third-order valence-corrected chi connectivity index (χ3v) is 6.22. The Hall–Kier alpha value is -4.06. The molecule has 1 amide bonds. The van der Waals surface area contributed by atoms with Crippen LogP contribution < -0.4 is 10.6 Å². The number of carboxylic acids is 1. The molecular weight excluding hydrogens is 416 g/mol. The first-order valence-electron chi connectivity index (χ1n) is 10.9. The number of carboxylic acid groups (broad SMARTS) is 1. The maximum atomic E-state index is 12.6. The molecule has 1 radical (unpaired) electrons. The first kappa shape index (κ1) is 20.8. The number of carbonyl (C=O) groups excluding carboxylic acids is 1. The number of fused-ring (bicyclic) bond motifs is 4. The molecule has 6 nitrogen and oxygen atoms in total. The summed E-state index contributed by atoms with van der Waals surface area (Å²) in [4.78, 5) is 24.4. The Morgan fingerprint density at radius 3 is 2.33 bits per heavy atom. The van der Waals surface area contributed by atoms with E-state index in [0.29, 0.717) is 0 Å². The van der Waals surface area contributed by atoms with Gasteiger partial charge in [0.15, 0.2) is 0 Å². The normalized spacial score (nSPS) is 14.4. The van der Waals surface area contributed by atoms with Crippen molar-refractivity contribution in [1.29, 1.82) is 0 Å². The van der Waals surface area contributed by atoms with Crippen LogP contribution in [0.3, 0.4) is 0 Å². The minimum Gasteiger partial charge on any atom is -0.480 e. The smallest absolute Gasteiger partial charge is 0.407 e. The van der Waals surface area contributed by atoms with E-state index in [0.717, 1.165) is 44.6 Å². The molecule has 165 valence electrons. The number of ether oxygens (including phenoxy) is 1. The van der Waals surface area contributed by atoms with Gasteiger partial charge in [0.1, 0.15) is 12.6 Å². The number of carbonyl (C=O) groups is 2. The van der Waals surface area contributed by atoms with E-state index in [4.69, 9.17) is 4.74 Å². The van der Waals surface area contributed by atoms with Gasteiger partial charge < -0.3 is 15.2 Å². The standard InChI is InChI=1S/C27H23N2O4/c1-16-10-11-24-22(12-16)17(14-28-24)13-25(26(30)31)29-27(32)33-15-23-20-8-4-2-6-18(20)19-7-3-5-9-21(19)23/h2-12,14,23,25H,13,15H2,1H3,(H,29,32)(H,30,31)/t25-/m0/s1. The van der Waals surface area contributed by atoms with Crippen molar-refractivity contribution in [1.82, 2.24) is 10.6 Å². The van der Waals surface area contributed by atoms with E-state index in [-0.39, 0.29) is 18.9 Å². The zero-order valence-electron chi connectivity index (χ0n) is 18.1. The van der Waals surface area contributed by atoms with Gasteiger partial charge in [-0.1, -0.05) is 60.2 Å². The van der Waals surface area contributed by atoms with E-state index in [9.17, 15) is 14.7 Å². The summed E-state index contributed by atoms with van der Waals surface area (Å²) in [7, 11) is 0. The lowest BCUT2D eigenvalue weighted by Crippen LogP contribution is -2.41. The van der Waals surface area contributed by atoms with Crippen LogP contribution in [-0.2, 0) is 9.53 Å². The van der Waals surface area contributed by atoms with Crippen LogP contribution in [0.25, 0.3) is 16.7 Å². The molecule has 1 atom stereocenters. The molecule has 1 aliphatic carbocycles. The van der Waals surface area contributed by atoms with Crippen LogP contribution in [0.5, 0.6) is 0 Å². The summed E-state index contributed by atoms with van der Waals surface area (Å²) < 4.78 is 5.52. The molecule has 0 unspecified atom stereocenters. The van der Waals surface area contributed by atoms with Crippen LogP contribution in [0.2, 0.25) is 0 Å². The molecular formula is C27H23N2O4. The van der Waals surface area contributed by atoms with Crippen molar-refractivity contribution in [2.24, 2.45) is 0 Å². The maximum Gasteiger partial charge on any atom is 0.407 e. The molecule has 0 fully saturated rings. The summed E-state index contributed by atoms with van der Waals surface area (Å²) in [6.45, 7) is 2.10. The van der Waals surface area contributed by atoms with Crippen LogP contribution in [-0.4, -0.2) is 29.8 Å². The summed E-state index contributed by atoms with van der Waals surface area (Å²) in [5.74, 6) is -1.21. The van der Waals surface area contributed by atoms with E-state index in [1.165, 1.54) is 0 Å². The number of aliphatic carboxylic acids is 1. The number of rotatable bonds is 6. The van der Waals surface area contributed by atoms with Gasteiger partial charge >= 0.3 is 12.1 Å². The van der Waals surface area contributed by atoms with Crippen LogP contribution in [0.4, 0.5) is 10.5 Å². The van der Waals surface area contributed by atoms with E-state index in [1.54, 1.807) is 6.20 Å². The Labute approximate surface area is 191 Å². The lowest BCUT2D eigenvalue weighted by molar-refractivity contribution is -0.139. The predicted octanol–water partition coefficient (Wildman–Crippen LogP) is 4.97. The second-order valence-corrected chi connectivity index (χ2v) is 8.37. The number of nitrogens with one attached hydrogen (secondary N) is 1. The molecule has 6 heteroatoms. The van der Waals surface area contributed by atoms with Crippen molar-refractivity contribution in [2.75, 3.05) is 6.61 Å². The molecule has 3 aromatic carbocycles. The molecule has 33 heavy (non-hydrogen) atoms. The summed E-state index contributed by atoms with van der Waals surface area (Å²) in [5.41, 5.74) is 8.02. The number of hydrogen-bond donors (Lipinski definition) is 2. The van der Waals surface area contributed by atoms with Crippen molar-refractivity contribution in [2.45, 2.75) is 25.3 Å². The summed E-state index contributed by atoms with van der Waals surface area (Å²) in [5, 5.41) is 16.6. The molecule has 3 aromatic rings. The first-order chi connectivity index (χ1) is 16.0. The van der Waals surface area contributed by atoms with Crippen molar-refractivity contribution < 1.29 is 19.4 Å². The number of amides is 1. The van der Waals surface area contributed by atoms with Crippen LogP contribution in [0.1, 0.15) is 34.6 Å². The summed E-state index contributed by atoms with van der Waals surface area (Å²) in [6, 6.07) is 20.9. The highest BCUT2D eigenvalue weighted by atomic mass is 16.5. The largest absolute Gasteiger partial charge is 0.480 e. The quantitative estimate of drug-likeness (QED) is 0.568. The molecule has 0 saturated heterocycles. The number of hydrogen-bond acceptors (Lipinski definition) is 3. The van der Waals surface area contributed by atoms with E-state index >= 15 is 0 Å². The lowest BCUT2D eigenvalue weighted by Gasteiger charge is -2.18. The third kappa shape index (κ3) is 3.96. The van der Waals surface area contributed by atoms with Gasteiger partial charge in [0.05, 0.1) is 5.69 Å². The van der Waals surface area contributed by atoms with Gasteiger partial charge in [-0.05, 0) is 46.9 Å².